The monoisotopic (exact) mass is 213 g/mol. The van der Waals surface area contributed by atoms with Crippen molar-refractivity contribution in [3.05, 3.63) is 0 Å². The lowest BCUT2D eigenvalue weighted by Crippen LogP contribution is -2.26. The van der Waals surface area contributed by atoms with E-state index in [1.165, 1.54) is 0 Å². The van der Waals surface area contributed by atoms with Crippen LogP contribution in [0, 0.1) is 17.8 Å². The number of hydrogen-bond donors (Lipinski definition) is 4. The second kappa shape index (κ2) is 6.80. The molecule has 0 atom stereocenters. The predicted molar refractivity (Wildman–Crippen MR) is 57.8 cm³/mol. The van der Waals surface area contributed by atoms with Gasteiger partial charge in [-0.05, 0) is 0 Å². The lowest BCUT2D eigenvalue weighted by molar-refractivity contribution is -0.118. The van der Waals surface area contributed by atoms with Crippen LogP contribution < -0.4 is 16.8 Å². The summed E-state index contributed by atoms with van der Waals surface area (Å²) in [4.78, 5) is 14.4. The maximum atomic E-state index is 11.0. The molecule has 6 N–H and O–H groups in total. The van der Waals surface area contributed by atoms with E-state index in [1.54, 1.807) is 0 Å². The van der Waals surface area contributed by atoms with Crippen LogP contribution in [0.4, 0.5) is 0 Å². The van der Waals surface area contributed by atoms with Crippen LogP contribution in [0.25, 0.3) is 0 Å². The average Bonchev–Trinajstić information content (AvgIpc) is 2.10. The maximum absolute atomic E-state index is 11.0. The van der Waals surface area contributed by atoms with Crippen LogP contribution in [0.15, 0.2) is 4.99 Å². The van der Waals surface area contributed by atoms with Gasteiger partial charge in [-0.3, -0.25) is 10.2 Å². The highest BCUT2D eigenvalue weighted by molar-refractivity contribution is 8.14. The minimum absolute atomic E-state index is 0.0668. The molecule has 0 aliphatic carbocycles. The number of guanidine groups is 1. The molecule has 76 valence electrons. The number of aliphatic imine (C=N–C) groups is 1. The van der Waals surface area contributed by atoms with Crippen LogP contribution in [0.1, 0.15) is 0 Å². The van der Waals surface area contributed by atoms with Crippen LogP contribution in [-0.2, 0) is 4.79 Å². The first-order chi connectivity index (χ1) is 6.56. The molecule has 14 heavy (non-hydrogen) atoms. The zero-order chi connectivity index (χ0) is 11.0. The Morgan fingerprint density at radius 2 is 2.29 bits per heavy atom. The normalized spacial score (nSPS) is 8.50. The van der Waals surface area contributed by atoms with E-state index in [4.69, 9.17) is 23.3 Å². The van der Waals surface area contributed by atoms with Gasteiger partial charge in [0.1, 0.15) is 0 Å². The van der Waals surface area contributed by atoms with Gasteiger partial charge in [-0.1, -0.05) is 17.7 Å². The quantitative estimate of drug-likeness (QED) is 0.264. The Bertz CT molecular complexity index is 289. The van der Waals surface area contributed by atoms with Crippen molar-refractivity contribution in [3.8, 4) is 12.3 Å². The Morgan fingerprint density at radius 1 is 1.64 bits per heavy atom. The number of carbonyl (C=O) groups excluding carboxylic acids is 1. The molecule has 0 aromatic carbocycles. The molecule has 0 unspecified atom stereocenters. The van der Waals surface area contributed by atoms with Gasteiger partial charge >= 0.3 is 0 Å². The summed E-state index contributed by atoms with van der Waals surface area (Å²) < 4.78 is 0. The highest BCUT2D eigenvalue weighted by atomic mass is 32.2. The van der Waals surface area contributed by atoms with Crippen molar-refractivity contribution < 1.29 is 4.79 Å². The fourth-order valence-electron chi connectivity index (χ4n) is 0.484. The first kappa shape index (κ1) is 12.3. The van der Waals surface area contributed by atoms with Crippen molar-refractivity contribution in [1.29, 1.82) is 5.41 Å². The number of nitrogens with two attached hydrogens (primary N) is 2. The Hall–Kier alpha value is -1.68. The summed E-state index contributed by atoms with van der Waals surface area (Å²) >= 11 is 0.918. The standard InChI is InChI=1S/C7H11N5OS/c1-2-3-11-5(13)4-14-7(10)12-6(8)9/h1H,3-4H2,(H,11,13)(H5,8,9,10,12). The second-order valence-electron chi connectivity index (χ2n) is 2.11. The highest BCUT2D eigenvalue weighted by Crippen LogP contribution is 2.01. The maximum Gasteiger partial charge on any atom is 0.231 e. The van der Waals surface area contributed by atoms with Crippen LogP contribution >= 0.6 is 11.8 Å². The molecular formula is C7H11N5OS. The predicted octanol–water partition coefficient (Wildman–Crippen LogP) is -1.32. The summed E-state index contributed by atoms with van der Waals surface area (Å²) in [7, 11) is 0. The van der Waals surface area contributed by atoms with E-state index < -0.39 is 0 Å². The average molecular weight is 213 g/mol. The molecule has 0 radical (unpaired) electrons. The minimum atomic E-state index is -0.261. The number of nitrogens with one attached hydrogen (secondary N) is 2. The van der Waals surface area contributed by atoms with Crippen LogP contribution in [0.3, 0.4) is 0 Å². The molecule has 0 spiro atoms. The third kappa shape index (κ3) is 7.00. The van der Waals surface area contributed by atoms with Crippen LogP contribution in [0.5, 0.6) is 0 Å². The van der Waals surface area contributed by atoms with E-state index in [0.29, 0.717) is 0 Å². The van der Waals surface area contributed by atoms with Gasteiger partial charge in [0.15, 0.2) is 11.1 Å². The van der Waals surface area contributed by atoms with Gasteiger partial charge in [0.2, 0.25) is 5.91 Å². The van der Waals surface area contributed by atoms with Crippen molar-refractivity contribution in [2.45, 2.75) is 0 Å². The first-order valence-corrected chi connectivity index (χ1v) is 4.56. The molecule has 0 aromatic heterocycles. The molecule has 0 saturated carbocycles. The summed E-state index contributed by atoms with van der Waals surface area (Å²) in [6, 6.07) is 0. The Morgan fingerprint density at radius 3 is 2.79 bits per heavy atom. The van der Waals surface area contributed by atoms with E-state index in [1.807, 2.05) is 0 Å². The zero-order valence-corrected chi connectivity index (χ0v) is 8.23. The van der Waals surface area contributed by atoms with Gasteiger partial charge in [0, 0.05) is 0 Å². The Labute approximate surface area is 86.0 Å². The molecular weight excluding hydrogens is 202 g/mol. The van der Waals surface area contributed by atoms with Crippen LogP contribution in [0.2, 0.25) is 0 Å². The van der Waals surface area contributed by atoms with Gasteiger partial charge in [0.05, 0.1) is 12.3 Å². The number of rotatable bonds is 3. The molecule has 6 nitrogen and oxygen atoms in total. The molecule has 0 saturated heterocycles. The van der Waals surface area contributed by atoms with E-state index in [9.17, 15) is 4.79 Å². The molecule has 0 fully saturated rings. The number of terminal acetylenes is 1. The lowest BCUT2D eigenvalue weighted by atomic mass is 10.6. The summed E-state index contributed by atoms with van der Waals surface area (Å²) in [5.74, 6) is 1.86. The van der Waals surface area contributed by atoms with Gasteiger partial charge < -0.3 is 16.8 Å². The smallest absolute Gasteiger partial charge is 0.231 e. The third-order valence-corrected chi connectivity index (χ3v) is 1.73. The minimum Gasteiger partial charge on any atom is -0.370 e. The highest BCUT2D eigenvalue weighted by Gasteiger charge is 2.02. The van der Waals surface area contributed by atoms with Crippen molar-refractivity contribution in [3.63, 3.8) is 0 Å². The molecule has 0 rings (SSSR count). The Kier molecular flexibility index (Phi) is 5.98. The van der Waals surface area contributed by atoms with E-state index in [2.05, 4.69) is 16.2 Å². The fraction of sp³-hybridized carbons (Fsp3) is 0.286. The van der Waals surface area contributed by atoms with Crippen molar-refractivity contribution >= 4 is 28.8 Å². The summed E-state index contributed by atoms with van der Waals surface area (Å²) in [6.07, 6.45) is 4.93. The Balaban J connectivity index is 3.73. The van der Waals surface area contributed by atoms with Gasteiger partial charge in [-0.15, -0.1) is 6.42 Å². The molecule has 0 heterocycles. The number of amidine groups is 1. The van der Waals surface area contributed by atoms with Crippen molar-refractivity contribution in [2.75, 3.05) is 12.3 Å². The molecule has 0 aliphatic rings. The van der Waals surface area contributed by atoms with E-state index in [-0.39, 0.29) is 29.3 Å². The number of amides is 1. The van der Waals surface area contributed by atoms with Gasteiger partial charge in [-0.2, -0.15) is 4.99 Å². The molecule has 1 amide bonds. The summed E-state index contributed by atoms with van der Waals surface area (Å²) in [5.41, 5.74) is 10.1. The van der Waals surface area contributed by atoms with Crippen LogP contribution in [-0.4, -0.2) is 29.3 Å². The van der Waals surface area contributed by atoms with Gasteiger partial charge in [0.25, 0.3) is 0 Å². The fourth-order valence-corrected chi connectivity index (χ4v) is 1.02. The summed E-state index contributed by atoms with van der Waals surface area (Å²) in [6.45, 7) is 0.176. The zero-order valence-electron chi connectivity index (χ0n) is 7.41. The number of hydrogen-bond acceptors (Lipinski definition) is 3. The molecule has 0 bridgehead atoms. The first-order valence-electron chi connectivity index (χ1n) is 3.57. The molecule has 0 aliphatic heterocycles. The third-order valence-electron chi connectivity index (χ3n) is 0.958. The topological polar surface area (TPSA) is 117 Å². The largest absolute Gasteiger partial charge is 0.370 e. The lowest BCUT2D eigenvalue weighted by Gasteiger charge is -1.99. The van der Waals surface area contributed by atoms with Crippen molar-refractivity contribution in [1.82, 2.24) is 5.32 Å². The SMILES string of the molecule is C#CCNC(=O)CSC(=N)N=C(N)N. The van der Waals surface area contributed by atoms with E-state index in [0.717, 1.165) is 11.8 Å². The number of carbonyl (C=O) groups is 1. The van der Waals surface area contributed by atoms with Crippen molar-refractivity contribution in [2.24, 2.45) is 16.5 Å². The van der Waals surface area contributed by atoms with Gasteiger partial charge in [-0.25, -0.2) is 0 Å². The number of thioether (sulfide) groups is 1. The second-order valence-corrected chi connectivity index (χ2v) is 3.08. The summed E-state index contributed by atoms with van der Waals surface area (Å²) in [5, 5.41) is 9.51. The molecule has 7 heteroatoms. The molecule has 0 aromatic rings. The van der Waals surface area contributed by atoms with E-state index >= 15 is 0 Å². The number of nitrogens with zero attached hydrogens (tertiary/aromatic N) is 1.